The van der Waals surface area contributed by atoms with Crippen molar-refractivity contribution in [2.75, 3.05) is 25.1 Å². The smallest absolute Gasteiger partial charge is 0.145 e. The maximum absolute atomic E-state index is 8.69. The van der Waals surface area contributed by atoms with Crippen molar-refractivity contribution in [1.29, 1.82) is 5.26 Å². The van der Waals surface area contributed by atoms with E-state index in [1.807, 2.05) is 6.07 Å². The number of hydrogen-bond donors (Lipinski definition) is 1. The number of nitriles is 1. The topological polar surface area (TPSA) is 70.8 Å². The zero-order chi connectivity index (χ0) is 11.2. The minimum absolute atomic E-state index is 0.393. The number of rotatable bonds is 3. The fourth-order valence-electron chi connectivity index (χ4n) is 1.71. The molecule has 1 aliphatic heterocycles. The van der Waals surface area contributed by atoms with Crippen LogP contribution in [-0.2, 0) is 4.74 Å². The first-order valence-electron chi connectivity index (χ1n) is 5.42. The van der Waals surface area contributed by atoms with Gasteiger partial charge in [0.2, 0.25) is 0 Å². The average Bonchev–Trinajstić information content (AvgIpc) is 2.38. The third kappa shape index (κ3) is 2.91. The average molecular weight is 218 g/mol. The molecule has 0 spiro atoms. The van der Waals surface area contributed by atoms with Gasteiger partial charge in [0.15, 0.2) is 0 Å². The molecule has 2 rings (SSSR count). The summed E-state index contributed by atoms with van der Waals surface area (Å²) in [5.74, 6) is 1.35. The molecule has 16 heavy (non-hydrogen) atoms. The fraction of sp³-hybridized carbons (Fsp3) is 0.545. The van der Waals surface area contributed by atoms with E-state index in [2.05, 4.69) is 15.3 Å². The second-order valence-electron chi connectivity index (χ2n) is 3.84. The monoisotopic (exact) mass is 218 g/mol. The van der Waals surface area contributed by atoms with Gasteiger partial charge in [0.25, 0.3) is 0 Å². The standard InChI is InChI=1S/C11H14N4O/c12-6-10-5-11(15-8-14-10)13-7-9-1-3-16-4-2-9/h5,8-9H,1-4,7H2,(H,13,14,15). The van der Waals surface area contributed by atoms with Crippen molar-refractivity contribution in [3.05, 3.63) is 18.1 Å². The van der Waals surface area contributed by atoms with Crippen LogP contribution < -0.4 is 5.32 Å². The summed E-state index contributed by atoms with van der Waals surface area (Å²) in [4.78, 5) is 7.89. The second-order valence-corrected chi connectivity index (χ2v) is 3.84. The first-order valence-corrected chi connectivity index (χ1v) is 5.42. The summed E-state index contributed by atoms with van der Waals surface area (Å²) < 4.78 is 5.29. The molecule has 1 aliphatic rings. The van der Waals surface area contributed by atoms with E-state index < -0.39 is 0 Å². The number of nitrogens with one attached hydrogen (secondary N) is 1. The van der Waals surface area contributed by atoms with E-state index in [1.165, 1.54) is 6.33 Å². The molecule has 5 heteroatoms. The van der Waals surface area contributed by atoms with E-state index in [0.29, 0.717) is 11.6 Å². The Balaban J connectivity index is 1.86. The summed E-state index contributed by atoms with van der Waals surface area (Å²) in [5, 5.41) is 11.9. The number of hydrogen-bond acceptors (Lipinski definition) is 5. The molecule has 84 valence electrons. The largest absolute Gasteiger partial charge is 0.381 e. The van der Waals surface area contributed by atoms with E-state index in [1.54, 1.807) is 6.07 Å². The zero-order valence-corrected chi connectivity index (χ0v) is 9.02. The highest BCUT2D eigenvalue weighted by Gasteiger charge is 2.13. The van der Waals surface area contributed by atoms with Gasteiger partial charge in [-0.05, 0) is 18.8 Å². The van der Waals surface area contributed by atoms with Crippen LogP contribution in [0.3, 0.4) is 0 Å². The molecule has 1 aromatic heterocycles. The van der Waals surface area contributed by atoms with Crippen LogP contribution in [0, 0.1) is 17.2 Å². The normalized spacial score (nSPS) is 16.7. The summed E-state index contributed by atoms with van der Waals surface area (Å²) in [7, 11) is 0. The minimum atomic E-state index is 0.393. The highest BCUT2D eigenvalue weighted by atomic mass is 16.5. The quantitative estimate of drug-likeness (QED) is 0.825. The maximum atomic E-state index is 8.69. The predicted octanol–water partition coefficient (Wildman–Crippen LogP) is 1.19. The SMILES string of the molecule is N#Cc1cc(NCC2CCOCC2)ncn1. The predicted molar refractivity (Wildman–Crippen MR) is 58.8 cm³/mol. The van der Waals surface area contributed by atoms with Crippen LogP contribution in [0.2, 0.25) is 0 Å². The molecule has 0 atom stereocenters. The van der Waals surface area contributed by atoms with Crippen molar-refractivity contribution >= 4 is 5.82 Å². The van der Waals surface area contributed by atoms with Crippen LogP contribution in [-0.4, -0.2) is 29.7 Å². The van der Waals surface area contributed by atoms with Crippen LogP contribution in [0.1, 0.15) is 18.5 Å². The van der Waals surface area contributed by atoms with Crippen LogP contribution in [0.25, 0.3) is 0 Å². The lowest BCUT2D eigenvalue weighted by atomic mass is 10.0. The highest BCUT2D eigenvalue weighted by molar-refractivity contribution is 5.38. The summed E-state index contributed by atoms with van der Waals surface area (Å²) in [5.41, 5.74) is 0.393. The first-order chi connectivity index (χ1) is 7.88. The van der Waals surface area contributed by atoms with E-state index in [4.69, 9.17) is 10.00 Å². The molecule has 1 fully saturated rings. The van der Waals surface area contributed by atoms with Crippen molar-refractivity contribution in [2.24, 2.45) is 5.92 Å². The lowest BCUT2D eigenvalue weighted by Crippen LogP contribution is -2.22. The second kappa shape index (κ2) is 5.42. The van der Waals surface area contributed by atoms with Crippen molar-refractivity contribution in [3.63, 3.8) is 0 Å². The molecule has 0 amide bonds. The Kier molecular flexibility index (Phi) is 3.67. The van der Waals surface area contributed by atoms with Gasteiger partial charge in [-0.3, -0.25) is 0 Å². The van der Waals surface area contributed by atoms with E-state index >= 15 is 0 Å². The van der Waals surface area contributed by atoms with E-state index in [-0.39, 0.29) is 0 Å². The van der Waals surface area contributed by atoms with Gasteiger partial charge in [-0.2, -0.15) is 5.26 Å². The fourth-order valence-corrected chi connectivity index (χ4v) is 1.71. The molecule has 0 bridgehead atoms. The van der Waals surface area contributed by atoms with Crippen molar-refractivity contribution in [2.45, 2.75) is 12.8 Å². The van der Waals surface area contributed by atoms with Gasteiger partial charge in [0.1, 0.15) is 23.9 Å². The maximum Gasteiger partial charge on any atom is 0.145 e. The molecule has 5 nitrogen and oxygen atoms in total. The van der Waals surface area contributed by atoms with Gasteiger partial charge >= 0.3 is 0 Å². The number of ether oxygens (including phenoxy) is 1. The Morgan fingerprint density at radius 1 is 1.44 bits per heavy atom. The third-order valence-corrected chi connectivity index (χ3v) is 2.69. The van der Waals surface area contributed by atoms with Crippen LogP contribution >= 0.6 is 0 Å². The molecular formula is C11H14N4O. The molecule has 0 unspecified atom stereocenters. The lowest BCUT2D eigenvalue weighted by molar-refractivity contribution is 0.0699. The number of aromatic nitrogens is 2. The summed E-state index contributed by atoms with van der Waals surface area (Å²) in [6.07, 6.45) is 3.58. The van der Waals surface area contributed by atoms with Gasteiger partial charge in [0.05, 0.1) is 0 Å². The number of nitrogens with zero attached hydrogens (tertiary/aromatic N) is 3. The van der Waals surface area contributed by atoms with E-state index in [9.17, 15) is 0 Å². The molecule has 0 aromatic carbocycles. The van der Waals surface area contributed by atoms with Crippen molar-refractivity contribution in [1.82, 2.24) is 9.97 Å². The van der Waals surface area contributed by atoms with Crippen LogP contribution in [0.5, 0.6) is 0 Å². The molecule has 1 N–H and O–H groups in total. The third-order valence-electron chi connectivity index (χ3n) is 2.69. The van der Waals surface area contributed by atoms with Crippen LogP contribution in [0.15, 0.2) is 12.4 Å². The molecule has 0 aliphatic carbocycles. The summed E-state index contributed by atoms with van der Waals surface area (Å²) in [6, 6.07) is 3.66. The molecule has 0 radical (unpaired) electrons. The molecule has 2 heterocycles. The first kappa shape index (κ1) is 10.8. The lowest BCUT2D eigenvalue weighted by Gasteiger charge is -2.22. The van der Waals surface area contributed by atoms with Gasteiger partial charge in [0, 0.05) is 25.8 Å². The molecule has 1 aromatic rings. The number of anilines is 1. The zero-order valence-electron chi connectivity index (χ0n) is 9.02. The molecular weight excluding hydrogens is 204 g/mol. The van der Waals surface area contributed by atoms with Gasteiger partial charge in [-0.15, -0.1) is 0 Å². The Morgan fingerprint density at radius 2 is 2.25 bits per heavy atom. The Bertz CT molecular complexity index is 382. The van der Waals surface area contributed by atoms with Gasteiger partial charge < -0.3 is 10.1 Å². The summed E-state index contributed by atoms with van der Waals surface area (Å²) >= 11 is 0. The highest BCUT2D eigenvalue weighted by Crippen LogP contribution is 2.15. The Labute approximate surface area is 94.5 Å². The van der Waals surface area contributed by atoms with E-state index in [0.717, 1.165) is 38.4 Å². The Hall–Kier alpha value is -1.67. The molecule has 1 saturated heterocycles. The van der Waals surface area contributed by atoms with Gasteiger partial charge in [-0.25, -0.2) is 9.97 Å². The summed E-state index contributed by atoms with van der Waals surface area (Å²) in [6.45, 7) is 2.57. The van der Waals surface area contributed by atoms with Gasteiger partial charge in [-0.1, -0.05) is 0 Å². The van der Waals surface area contributed by atoms with Crippen molar-refractivity contribution < 1.29 is 4.74 Å². The Morgan fingerprint density at radius 3 is 3.00 bits per heavy atom. The minimum Gasteiger partial charge on any atom is -0.381 e. The van der Waals surface area contributed by atoms with Crippen LogP contribution in [0.4, 0.5) is 5.82 Å². The van der Waals surface area contributed by atoms with Crippen molar-refractivity contribution in [3.8, 4) is 6.07 Å². The molecule has 0 saturated carbocycles.